The zero-order valence-corrected chi connectivity index (χ0v) is 14.1. The summed E-state index contributed by atoms with van der Waals surface area (Å²) in [4.78, 5) is 16.0. The molecule has 3 nitrogen and oxygen atoms in total. The lowest BCUT2D eigenvalue weighted by Crippen LogP contribution is -2.04. The molecule has 0 aliphatic carbocycles. The molecule has 0 saturated carbocycles. The van der Waals surface area contributed by atoms with Crippen molar-refractivity contribution in [3.05, 3.63) is 52.7 Å². The highest BCUT2D eigenvalue weighted by Gasteiger charge is 2.16. The first-order valence-electron chi connectivity index (χ1n) is 8.11. The summed E-state index contributed by atoms with van der Waals surface area (Å²) < 4.78 is 0. The Hall–Kier alpha value is -1.87. The van der Waals surface area contributed by atoms with E-state index >= 15 is 0 Å². The van der Waals surface area contributed by atoms with Crippen molar-refractivity contribution in [3.63, 3.8) is 0 Å². The Morgan fingerprint density at radius 1 is 1.09 bits per heavy atom. The van der Waals surface area contributed by atoms with Gasteiger partial charge in [0, 0.05) is 16.3 Å². The van der Waals surface area contributed by atoms with E-state index in [1.807, 2.05) is 24.3 Å². The molecule has 0 unspecified atom stereocenters. The Bertz CT molecular complexity index is 670. The molecule has 4 heteroatoms. The number of carboxylic acid groups (broad SMARTS) is 1. The molecule has 1 heterocycles. The van der Waals surface area contributed by atoms with Gasteiger partial charge in [0.15, 0.2) is 0 Å². The molecule has 0 bridgehead atoms. The van der Waals surface area contributed by atoms with Gasteiger partial charge in [-0.25, -0.2) is 4.79 Å². The summed E-state index contributed by atoms with van der Waals surface area (Å²) in [6, 6.07) is 10.7. The molecule has 122 valence electrons. The van der Waals surface area contributed by atoms with Crippen molar-refractivity contribution in [1.82, 2.24) is 4.98 Å². The van der Waals surface area contributed by atoms with Gasteiger partial charge >= 0.3 is 5.97 Å². The third-order valence-corrected chi connectivity index (χ3v) is 4.18. The van der Waals surface area contributed by atoms with Crippen molar-refractivity contribution in [2.24, 2.45) is 0 Å². The fourth-order valence-electron chi connectivity index (χ4n) is 2.58. The van der Waals surface area contributed by atoms with E-state index in [-0.39, 0.29) is 5.56 Å². The standard InChI is InChI=1S/C19H22ClNO2/c1-2-3-4-5-6-9-14-12-13-16(19(22)23)18(21-14)15-10-7-8-11-17(15)20/h7-8,10-13H,2-6,9H2,1H3,(H,22,23). The first kappa shape index (κ1) is 17.5. The number of unbranched alkanes of at least 4 members (excludes halogenated alkanes) is 4. The summed E-state index contributed by atoms with van der Waals surface area (Å²) in [5, 5.41) is 9.92. The average Bonchev–Trinajstić information content (AvgIpc) is 2.55. The molecule has 0 atom stereocenters. The lowest BCUT2D eigenvalue weighted by atomic mass is 10.0. The maximum Gasteiger partial charge on any atom is 0.337 e. The third-order valence-electron chi connectivity index (χ3n) is 3.85. The summed E-state index contributed by atoms with van der Waals surface area (Å²) in [6.07, 6.45) is 6.83. The maximum atomic E-state index is 11.5. The molecule has 0 fully saturated rings. The van der Waals surface area contributed by atoms with E-state index in [4.69, 9.17) is 11.6 Å². The van der Waals surface area contributed by atoms with Gasteiger partial charge in [0.25, 0.3) is 0 Å². The fourth-order valence-corrected chi connectivity index (χ4v) is 2.80. The SMILES string of the molecule is CCCCCCCc1ccc(C(=O)O)c(-c2ccccc2Cl)n1. The highest BCUT2D eigenvalue weighted by molar-refractivity contribution is 6.33. The summed E-state index contributed by atoms with van der Waals surface area (Å²) in [5.74, 6) is -0.984. The van der Waals surface area contributed by atoms with Crippen LogP contribution in [0.1, 0.15) is 55.1 Å². The third kappa shape index (κ3) is 4.80. The smallest absolute Gasteiger partial charge is 0.337 e. The van der Waals surface area contributed by atoms with Crippen molar-refractivity contribution in [3.8, 4) is 11.3 Å². The van der Waals surface area contributed by atoms with E-state index in [0.29, 0.717) is 16.3 Å². The van der Waals surface area contributed by atoms with Crippen molar-refractivity contribution < 1.29 is 9.90 Å². The molecule has 0 amide bonds. The zero-order chi connectivity index (χ0) is 16.7. The van der Waals surface area contributed by atoms with Gasteiger partial charge in [-0.3, -0.25) is 4.98 Å². The van der Waals surface area contributed by atoms with Crippen LogP contribution in [0.3, 0.4) is 0 Å². The maximum absolute atomic E-state index is 11.5. The number of aromatic carboxylic acids is 1. The molecule has 0 aliphatic rings. The van der Waals surface area contributed by atoms with E-state index in [1.165, 1.54) is 25.7 Å². The molecule has 1 aromatic heterocycles. The Kier molecular flexibility index (Phi) is 6.60. The predicted molar refractivity (Wildman–Crippen MR) is 94.1 cm³/mol. The van der Waals surface area contributed by atoms with Gasteiger partial charge in [0.05, 0.1) is 11.3 Å². The minimum absolute atomic E-state index is 0.188. The number of aromatic nitrogens is 1. The van der Waals surface area contributed by atoms with Crippen LogP contribution < -0.4 is 0 Å². The van der Waals surface area contributed by atoms with Gasteiger partial charge in [-0.05, 0) is 31.0 Å². The Balaban J connectivity index is 2.23. The Morgan fingerprint density at radius 3 is 2.52 bits per heavy atom. The van der Waals surface area contributed by atoms with Crippen LogP contribution in [0, 0.1) is 0 Å². The van der Waals surface area contributed by atoms with Crippen LogP contribution in [0.25, 0.3) is 11.3 Å². The second-order valence-corrected chi connectivity index (χ2v) is 6.06. The first-order chi connectivity index (χ1) is 11.1. The molecule has 1 N–H and O–H groups in total. The number of hydrogen-bond acceptors (Lipinski definition) is 2. The number of pyridine rings is 1. The van der Waals surface area contributed by atoms with Crippen LogP contribution in [-0.2, 0) is 6.42 Å². The topological polar surface area (TPSA) is 50.2 Å². The molecule has 23 heavy (non-hydrogen) atoms. The van der Waals surface area contributed by atoms with Gasteiger partial charge in [-0.2, -0.15) is 0 Å². The Morgan fingerprint density at radius 2 is 1.83 bits per heavy atom. The van der Waals surface area contributed by atoms with E-state index in [0.717, 1.165) is 18.5 Å². The number of aryl methyl sites for hydroxylation is 1. The number of nitrogens with zero attached hydrogens (tertiary/aromatic N) is 1. The van der Waals surface area contributed by atoms with Gasteiger partial charge in [-0.15, -0.1) is 0 Å². The largest absolute Gasteiger partial charge is 0.478 e. The van der Waals surface area contributed by atoms with Gasteiger partial charge < -0.3 is 5.11 Å². The van der Waals surface area contributed by atoms with E-state index in [9.17, 15) is 9.90 Å². The van der Waals surface area contributed by atoms with Crippen LogP contribution in [0.5, 0.6) is 0 Å². The highest BCUT2D eigenvalue weighted by atomic mass is 35.5. The number of carboxylic acids is 1. The first-order valence-corrected chi connectivity index (χ1v) is 8.49. The number of halogens is 1. The number of carbonyl (C=O) groups is 1. The highest BCUT2D eigenvalue weighted by Crippen LogP contribution is 2.29. The van der Waals surface area contributed by atoms with Crippen molar-refractivity contribution >= 4 is 17.6 Å². The molecule has 0 radical (unpaired) electrons. The molecular weight excluding hydrogens is 310 g/mol. The van der Waals surface area contributed by atoms with Gasteiger partial charge in [0.2, 0.25) is 0 Å². The minimum Gasteiger partial charge on any atom is -0.478 e. The van der Waals surface area contributed by atoms with Crippen LogP contribution in [0.15, 0.2) is 36.4 Å². The van der Waals surface area contributed by atoms with Gasteiger partial charge in [-0.1, -0.05) is 62.4 Å². The van der Waals surface area contributed by atoms with E-state index in [1.54, 1.807) is 12.1 Å². The summed E-state index contributed by atoms with van der Waals surface area (Å²) in [5.41, 5.74) is 2.22. The van der Waals surface area contributed by atoms with E-state index in [2.05, 4.69) is 11.9 Å². The lowest BCUT2D eigenvalue weighted by molar-refractivity contribution is 0.0697. The van der Waals surface area contributed by atoms with Crippen molar-refractivity contribution in [2.45, 2.75) is 45.4 Å². The second-order valence-electron chi connectivity index (χ2n) is 5.65. The minimum atomic E-state index is -0.984. The number of hydrogen-bond donors (Lipinski definition) is 1. The quantitative estimate of drug-likeness (QED) is 0.639. The average molecular weight is 332 g/mol. The summed E-state index contributed by atoms with van der Waals surface area (Å²) in [6.45, 7) is 2.20. The van der Waals surface area contributed by atoms with Crippen LogP contribution in [-0.4, -0.2) is 16.1 Å². The second kappa shape index (κ2) is 8.68. The fraction of sp³-hybridized carbons (Fsp3) is 0.368. The zero-order valence-electron chi connectivity index (χ0n) is 13.4. The molecule has 0 saturated heterocycles. The Labute approximate surface area is 142 Å². The summed E-state index contributed by atoms with van der Waals surface area (Å²) in [7, 11) is 0. The van der Waals surface area contributed by atoms with Crippen LogP contribution in [0.2, 0.25) is 5.02 Å². The van der Waals surface area contributed by atoms with Crippen LogP contribution in [0.4, 0.5) is 0 Å². The normalized spacial score (nSPS) is 10.7. The van der Waals surface area contributed by atoms with Crippen molar-refractivity contribution in [2.75, 3.05) is 0 Å². The molecule has 2 aromatic rings. The van der Waals surface area contributed by atoms with Gasteiger partial charge in [0.1, 0.15) is 0 Å². The monoisotopic (exact) mass is 331 g/mol. The molecular formula is C19H22ClNO2. The number of rotatable bonds is 8. The predicted octanol–water partition coefficient (Wildman–Crippen LogP) is 5.61. The van der Waals surface area contributed by atoms with E-state index < -0.39 is 5.97 Å². The summed E-state index contributed by atoms with van der Waals surface area (Å²) >= 11 is 6.22. The molecule has 1 aromatic carbocycles. The molecule has 0 aliphatic heterocycles. The molecule has 0 spiro atoms. The lowest BCUT2D eigenvalue weighted by Gasteiger charge is -2.10. The van der Waals surface area contributed by atoms with Crippen LogP contribution >= 0.6 is 11.6 Å². The molecule has 2 rings (SSSR count). The van der Waals surface area contributed by atoms with Crippen molar-refractivity contribution in [1.29, 1.82) is 0 Å². The number of benzene rings is 1.